The van der Waals surface area contributed by atoms with Crippen molar-refractivity contribution in [2.45, 2.75) is 81.5 Å². The summed E-state index contributed by atoms with van der Waals surface area (Å²) in [4.78, 5) is 4.37. The van der Waals surface area contributed by atoms with E-state index in [9.17, 15) is 5.21 Å². The molecule has 0 unspecified atom stereocenters. The first-order chi connectivity index (χ1) is 16.2. The average Bonchev–Trinajstić information content (AvgIpc) is 3.33. The van der Waals surface area contributed by atoms with Crippen LogP contribution in [0.4, 0.5) is 0 Å². The number of hydrogen-bond donors (Lipinski definition) is 1. The molecular weight excluding hydrogens is 420 g/mol. The Kier molecular flexibility index (Phi) is 4.26. The van der Waals surface area contributed by atoms with Crippen LogP contribution in [0.5, 0.6) is 0 Å². The molecule has 4 nitrogen and oxygen atoms in total. The normalized spacial score (nSPS) is 40.9. The standard InChI is InChI=1S/C30H37N2O2/c1-28-12-10-24-17-23-6-7-25(32(2,3)33)18-29(23)13-14-30(24,34-29)27(28)9-8-26(28)21-5-4-20-11-15-31-19-22(20)16-21/h4-5,10-11,15-17,19,25-27,33H,6-9,12-14,18H2,1-3H3/q+1/t25-,26-,27-,28-,29-,30-/m1/s1. The summed E-state index contributed by atoms with van der Waals surface area (Å²) < 4.78 is 7.42. The van der Waals surface area contributed by atoms with Crippen molar-refractivity contribution >= 4 is 10.8 Å². The highest BCUT2D eigenvalue weighted by Gasteiger charge is 2.67. The van der Waals surface area contributed by atoms with E-state index in [4.69, 9.17) is 4.74 Å². The molecule has 4 heteroatoms. The molecule has 3 heterocycles. The van der Waals surface area contributed by atoms with Crippen molar-refractivity contribution < 1.29 is 14.6 Å². The van der Waals surface area contributed by atoms with Crippen LogP contribution in [0, 0.1) is 11.3 Å². The van der Waals surface area contributed by atoms with Crippen molar-refractivity contribution in [3.05, 3.63) is 65.5 Å². The molecule has 5 aliphatic rings. The maximum absolute atomic E-state index is 10.8. The first kappa shape index (κ1) is 21.3. The van der Waals surface area contributed by atoms with Gasteiger partial charge in [-0.15, -0.1) is 0 Å². The molecule has 1 N–H and O–H groups in total. The molecule has 2 aromatic rings. The molecule has 3 aliphatic carbocycles. The third kappa shape index (κ3) is 2.74. The molecule has 3 fully saturated rings. The van der Waals surface area contributed by atoms with Crippen molar-refractivity contribution in [3.63, 3.8) is 0 Å². The van der Waals surface area contributed by atoms with E-state index in [-0.39, 0.29) is 27.3 Å². The number of fused-ring (bicyclic) bond motifs is 2. The molecule has 0 radical (unpaired) electrons. The first-order valence-electron chi connectivity index (χ1n) is 13.3. The summed E-state index contributed by atoms with van der Waals surface area (Å²) in [6, 6.07) is 9.38. The summed E-state index contributed by atoms with van der Waals surface area (Å²) in [5, 5.41) is 13.3. The number of nitrogens with zero attached hydrogens (tertiary/aromatic N) is 2. The second-order valence-corrected chi connectivity index (χ2v) is 12.6. The summed E-state index contributed by atoms with van der Waals surface area (Å²) in [5.41, 5.74) is 4.34. The van der Waals surface area contributed by atoms with Crippen LogP contribution >= 0.6 is 0 Å². The molecule has 2 aliphatic heterocycles. The van der Waals surface area contributed by atoms with Gasteiger partial charge < -0.3 is 4.74 Å². The first-order valence-corrected chi connectivity index (χ1v) is 13.3. The predicted molar refractivity (Wildman–Crippen MR) is 133 cm³/mol. The molecule has 34 heavy (non-hydrogen) atoms. The summed E-state index contributed by atoms with van der Waals surface area (Å²) >= 11 is 0. The maximum atomic E-state index is 10.8. The summed E-state index contributed by atoms with van der Waals surface area (Å²) in [7, 11) is 3.85. The number of hydroxylamine groups is 3. The fourth-order valence-corrected chi connectivity index (χ4v) is 8.79. The van der Waals surface area contributed by atoms with E-state index in [1.165, 1.54) is 40.3 Å². The third-order valence-corrected chi connectivity index (χ3v) is 10.6. The number of ether oxygens (including phenoxy) is 1. The Bertz CT molecular complexity index is 1240. The predicted octanol–water partition coefficient (Wildman–Crippen LogP) is 6.31. The van der Waals surface area contributed by atoms with Crippen LogP contribution in [-0.4, -0.2) is 46.2 Å². The Balaban J connectivity index is 1.27. The van der Waals surface area contributed by atoms with Gasteiger partial charge in [-0.05, 0) is 90.0 Å². The van der Waals surface area contributed by atoms with Gasteiger partial charge in [0.2, 0.25) is 0 Å². The van der Waals surface area contributed by atoms with Crippen molar-refractivity contribution in [1.29, 1.82) is 0 Å². The van der Waals surface area contributed by atoms with Gasteiger partial charge in [-0.3, -0.25) is 4.98 Å². The second-order valence-electron chi connectivity index (χ2n) is 12.6. The van der Waals surface area contributed by atoms with Crippen LogP contribution in [0.1, 0.15) is 69.8 Å². The van der Waals surface area contributed by atoms with Crippen molar-refractivity contribution in [2.75, 3.05) is 14.1 Å². The SMILES string of the molecule is C[C@]12CC=C3C=C4CC[C@@H]([N+](C)(C)O)C[C@]45CC[C@]3(O5)[C@@H]1CC[C@@H]2c1ccc2ccncc2c1. The van der Waals surface area contributed by atoms with Gasteiger partial charge in [0, 0.05) is 30.6 Å². The van der Waals surface area contributed by atoms with Crippen LogP contribution in [0.15, 0.2) is 60.0 Å². The van der Waals surface area contributed by atoms with Crippen LogP contribution < -0.4 is 0 Å². The fourth-order valence-electron chi connectivity index (χ4n) is 8.79. The minimum absolute atomic E-state index is 0.0497. The van der Waals surface area contributed by atoms with Gasteiger partial charge in [0.15, 0.2) is 0 Å². The van der Waals surface area contributed by atoms with Gasteiger partial charge in [-0.2, -0.15) is 4.65 Å². The van der Waals surface area contributed by atoms with E-state index in [1.54, 1.807) is 0 Å². The van der Waals surface area contributed by atoms with Crippen LogP contribution in [-0.2, 0) is 4.74 Å². The number of hydrogen-bond acceptors (Lipinski definition) is 3. The highest BCUT2D eigenvalue weighted by atomic mass is 16.5. The monoisotopic (exact) mass is 457 g/mol. The third-order valence-electron chi connectivity index (χ3n) is 10.6. The highest BCUT2D eigenvalue weighted by molar-refractivity contribution is 5.82. The van der Waals surface area contributed by atoms with Crippen LogP contribution in [0.3, 0.4) is 0 Å². The lowest BCUT2D eigenvalue weighted by molar-refractivity contribution is -1.09. The van der Waals surface area contributed by atoms with Gasteiger partial charge in [-0.1, -0.05) is 31.2 Å². The molecule has 0 amide bonds. The van der Waals surface area contributed by atoms with Crippen LogP contribution in [0.2, 0.25) is 0 Å². The Morgan fingerprint density at radius 3 is 2.82 bits per heavy atom. The van der Waals surface area contributed by atoms with E-state index < -0.39 is 0 Å². The number of allylic oxidation sites excluding steroid dienone is 1. The van der Waals surface area contributed by atoms with E-state index in [2.05, 4.69) is 48.3 Å². The van der Waals surface area contributed by atoms with Gasteiger partial charge in [0.05, 0.1) is 25.3 Å². The van der Waals surface area contributed by atoms with E-state index in [0.717, 1.165) is 38.5 Å². The molecule has 178 valence electrons. The number of rotatable bonds is 2. The van der Waals surface area contributed by atoms with E-state index >= 15 is 0 Å². The molecule has 1 saturated heterocycles. The molecule has 2 saturated carbocycles. The topological polar surface area (TPSA) is 42.4 Å². The zero-order valence-electron chi connectivity index (χ0n) is 20.8. The largest absolute Gasteiger partial charge is 0.359 e. The molecule has 1 aromatic carbocycles. The van der Waals surface area contributed by atoms with Crippen LogP contribution in [0.25, 0.3) is 10.8 Å². The molecule has 2 spiro atoms. The second kappa shape index (κ2) is 6.81. The number of benzene rings is 1. The zero-order chi connectivity index (χ0) is 23.3. The lowest BCUT2D eigenvalue weighted by atomic mass is 9.58. The minimum atomic E-state index is -0.163. The summed E-state index contributed by atoms with van der Waals surface area (Å²) in [6.45, 7) is 2.54. The highest BCUT2D eigenvalue weighted by Crippen LogP contribution is 2.69. The Labute approximate surface area is 202 Å². The van der Waals surface area contributed by atoms with Crippen molar-refractivity contribution in [3.8, 4) is 0 Å². The average molecular weight is 458 g/mol. The Morgan fingerprint density at radius 1 is 1.09 bits per heavy atom. The number of aromatic nitrogens is 1. The molecule has 6 atom stereocenters. The quantitative estimate of drug-likeness (QED) is 0.424. The molecular formula is C30H37N2O2+. The summed E-state index contributed by atoms with van der Waals surface area (Å²) in [6.07, 6.45) is 17.8. The number of quaternary nitrogens is 1. The zero-order valence-corrected chi connectivity index (χ0v) is 20.8. The lowest BCUT2D eigenvalue weighted by Gasteiger charge is -2.54. The number of pyridine rings is 1. The van der Waals surface area contributed by atoms with E-state index in [1.807, 2.05) is 26.5 Å². The Hall–Kier alpha value is -2.01. The molecule has 1 aromatic heterocycles. The van der Waals surface area contributed by atoms with Gasteiger partial charge >= 0.3 is 0 Å². The van der Waals surface area contributed by atoms with E-state index in [0.29, 0.717) is 11.8 Å². The summed E-state index contributed by atoms with van der Waals surface area (Å²) in [5.74, 6) is 1.09. The van der Waals surface area contributed by atoms with Gasteiger partial charge in [-0.25, -0.2) is 5.21 Å². The molecule has 2 bridgehead atoms. The van der Waals surface area contributed by atoms with Crippen molar-refractivity contribution in [2.24, 2.45) is 11.3 Å². The fraction of sp³-hybridized carbons (Fsp3) is 0.567. The maximum Gasteiger partial charge on any atom is 0.122 e. The van der Waals surface area contributed by atoms with Crippen molar-refractivity contribution in [1.82, 2.24) is 4.98 Å². The van der Waals surface area contributed by atoms with Gasteiger partial charge in [0.25, 0.3) is 0 Å². The smallest absolute Gasteiger partial charge is 0.122 e. The van der Waals surface area contributed by atoms with Gasteiger partial charge in [0.1, 0.15) is 6.04 Å². The lowest BCUT2D eigenvalue weighted by Crippen LogP contribution is -2.57. The minimum Gasteiger partial charge on any atom is -0.359 e. The molecule has 7 rings (SSSR count). The Morgan fingerprint density at radius 2 is 1.97 bits per heavy atom.